The van der Waals surface area contributed by atoms with Gasteiger partial charge >= 0.3 is 0 Å². The van der Waals surface area contributed by atoms with E-state index in [1.807, 2.05) is 54.0 Å². The van der Waals surface area contributed by atoms with Crippen LogP contribution >= 0.6 is 11.6 Å². The lowest BCUT2D eigenvalue weighted by Gasteiger charge is -2.14. The minimum atomic E-state index is -0.605. The van der Waals surface area contributed by atoms with Crippen LogP contribution in [0.1, 0.15) is 35.2 Å². The van der Waals surface area contributed by atoms with Crippen molar-refractivity contribution in [1.82, 2.24) is 20.1 Å². The molecule has 1 aromatic heterocycles. The van der Waals surface area contributed by atoms with E-state index in [0.717, 1.165) is 16.8 Å². The number of nitrogens with zero attached hydrogens (tertiary/aromatic N) is 4. The van der Waals surface area contributed by atoms with Gasteiger partial charge in [0.15, 0.2) is 5.82 Å². The summed E-state index contributed by atoms with van der Waals surface area (Å²) >= 11 is 6.14. The van der Waals surface area contributed by atoms with E-state index >= 15 is 0 Å². The van der Waals surface area contributed by atoms with Gasteiger partial charge in [0.1, 0.15) is 17.6 Å². The number of carbonyl (C=O) groups is 1. The quantitative estimate of drug-likeness (QED) is 0.485. The molecular weight excluding hydrogens is 464 g/mol. The number of aryl methyl sites for hydroxylation is 1. The van der Waals surface area contributed by atoms with E-state index in [-0.39, 0.29) is 12.3 Å². The van der Waals surface area contributed by atoms with Crippen LogP contribution in [0.25, 0.3) is 5.69 Å². The fraction of sp³-hybridized carbons (Fsp3) is 0.154. The van der Waals surface area contributed by atoms with Gasteiger partial charge in [-0.05, 0) is 55.6 Å². The number of hydrogen-bond donors (Lipinski definition) is 2. The van der Waals surface area contributed by atoms with Gasteiger partial charge in [0, 0.05) is 21.8 Å². The molecule has 1 atom stereocenters. The number of halogens is 1. The molecule has 3 aromatic rings. The van der Waals surface area contributed by atoms with Crippen LogP contribution in [0.15, 0.2) is 84.2 Å². The highest BCUT2D eigenvalue weighted by Gasteiger charge is 2.30. The smallest absolute Gasteiger partial charge is 0.227 e. The van der Waals surface area contributed by atoms with E-state index < -0.39 is 6.04 Å². The van der Waals surface area contributed by atoms with E-state index in [4.69, 9.17) is 27.1 Å². The Kier molecular flexibility index (Phi) is 7.12. The van der Waals surface area contributed by atoms with Gasteiger partial charge in [-0.1, -0.05) is 36.4 Å². The van der Waals surface area contributed by atoms with Crippen LogP contribution in [0.3, 0.4) is 0 Å². The van der Waals surface area contributed by atoms with Crippen molar-refractivity contribution in [1.29, 1.82) is 0 Å². The van der Waals surface area contributed by atoms with Gasteiger partial charge in [-0.15, -0.1) is 10.2 Å². The number of ether oxygens (including phenoxy) is 1. The molecule has 0 aliphatic carbocycles. The maximum Gasteiger partial charge on any atom is 0.227 e. The molecule has 0 saturated carbocycles. The van der Waals surface area contributed by atoms with Gasteiger partial charge in [-0.3, -0.25) is 14.4 Å². The number of fused-ring (bicyclic) bond motifs is 3. The first kappa shape index (κ1) is 24.0. The average Bonchev–Trinajstić information content (AvgIpc) is 3.17. The van der Waals surface area contributed by atoms with Crippen molar-refractivity contribution < 1.29 is 9.53 Å². The molecule has 2 aromatic carbocycles. The van der Waals surface area contributed by atoms with Crippen molar-refractivity contribution >= 4 is 23.2 Å². The van der Waals surface area contributed by atoms with Crippen LogP contribution in [0.2, 0.25) is 5.02 Å². The van der Waals surface area contributed by atoms with Gasteiger partial charge in [0.05, 0.1) is 24.9 Å². The highest BCUT2D eigenvalue weighted by atomic mass is 35.5. The topological polar surface area (TPSA) is 107 Å². The summed E-state index contributed by atoms with van der Waals surface area (Å²) in [5.41, 5.74) is 9.25. The number of hydrogen-bond acceptors (Lipinski definition) is 6. The monoisotopic (exact) mass is 488 g/mol. The molecule has 0 saturated heterocycles. The molecule has 4 rings (SSSR count). The number of amides is 1. The third kappa shape index (κ3) is 5.02. The molecule has 1 aliphatic rings. The molecule has 8 nitrogen and oxygen atoms in total. The Balaban J connectivity index is 1.85. The van der Waals surface area contributed by atoms with Gasteiger partial charge in [0.2, 0.25) is 5.91 Å². The number of rotatable bonds is 7. The Bertz CT molecular complexity index is 1350. The zero-order chi connectivity index (χ0) is 24.9. The molecule has 0 bridgehead atoms. The van der Waals surface area contributed by atoms with Gasteiger partial charge in [-0.2, -0.15) is 0 Å². The minimum absolute atomic E-state index is 0.0350. The lowest BCUT2D eigenvalue weighted by Crippen LogP contribution is -2.24. The standard InChI is InChI=1S/C26H25ClN6O2/c1-4-5-19(12-13-28)29-24(34)15-22-26-32-31-16(2)33(26)23-11-10-20(35-3)14-21(23)25(30-22)17-6-8-18(27)9-7-17/h4-14,22H,1,15,28H2,2-3H3,(H,29,34)/b13-12-,19-5+. The second-order valence-electron chi connectivity index (χ2n) is 7.79. The van der Waals surface area contributed by atoms with Crippen molar-refractivity contribution in [2.75, 3.05) is 7.11 Å². The average molecular weight is 489 g/mol. The molecule has 1 unspecified atom stereocenters. The van der Waals surface area contributed by atoms with Crippen molar-refractivity contribution in [2.24, 2.45) is 10.7 Å². The molecule has 2 heterocycles. The summed E-state index contributed by atoms with van der Waals surface area (Å²) in [5.74, 6) is 1.68. The van der Waals surface area contributed by atoms with Crippen LogP contribution in [-0.2, 0) is 4.79 Å². The number of methoxy groups -OCH3 is 1. The second kappa shape index (κ2) is 10.4. The zero-order valence-electron chi connectivity index (χ0n) is 19.4. The Morgan fingerprint density at radius 3 is 2.71 bits per heavy atom. The van der Waals surface area contributed by atoms with Crippen LogP contribution in [0.5, 0.6) is 5.75 Å². The number of allylic oxidation sites excluding steroid dienone is 3. The van der Waals surface area contributed by atoms with Crippen LogP contribution in [-0.4, -0.2) is 33.5 Å². The Hall–Kier alpha value is -4.17. The molecule has 0 fully saturated rings. The van der Waals surface area contributed by atoms with Crippen molar-refractivity contribution in [2.45, 2.75) is 19.4 Å². The highest BCUT2D eigenvalue weighted by molar-refractivity contribution is 6.30. The van der Waals surface area contributed by atoms with Gasteiger partial charge in [-0.25, -0.2) is 0 Å². The number of nitrogens with two attached hydrogens (primary N) is 1. The van der Waals surface area contributed by atoms with Crippen LogP contribution in [0, 0.1) is 6.92 Å². The Morgan fingerprint density at radius 1 is 1.26 bits per heavy atom. The van der Waals surface area contributed by atoms with E-state index in [0.29, 0.717) is 33.8 Å². The van der Waals surface area contributed by atoms with E-state index in [2.05, 4.69) is 22.1 Å². The van der Waals surface area contributed by atoms with E-state index in [1.54, 1.807) is 25.3 Å². The van der Waals surface area contributed by atoms with Crippen LogP contribution in [0.4, 0.5) is 0 Å². The van der Waals surface area contributed by atoms with Crippen LogP contribution < -0.4 is 15.8 Å². The summed E-state index contributed by atoms with van der Waals surface area (Å²) in [6, 6.07) is 12.6. The largest absolute Gasteiger partial charge is 0.497 e. The molecular formula is C26H25ClN6O2. The first-order chi connectivity index (χ1) is 16.9. The first-order valence-electron chi connectivity index (χ1n) is 10.9. The summed E-state index contributed by atoms with van der Waals surface area (Å²) in [6.07, 6.45) is 6.20. The van der Waals surface area contributed by atoms with Crippen molar-refractivity contribution in [3.63, 3.8) is 0 Å². The molecule has 9 heteroatoms. The molecule has 1 amide bonds. The lowest BCUT2D eigenvalue weighted by atomic mass is 10.00. The fourth-order valence-corrected chi connectivity index (χ4v) is 4.06. The van der Waals surface area contributed by atoms with Gasteiger partial charge < -0.3 is 15.8 Å². The molecule has 35 heavy (non-hydrogen) atoms. The third-order valence-electron chi connectivity index (χ3n) is 5.49. The summed E-state index contributed by atoms with van der Waals surface area (Å²) < 4.78 is 7.42. The number of nitrogens with one attached hydrogen (secondary N) is 1. The molecule has 1 aliphatic heterocycles. The fourth-order valence-electron chi connectivity index (χ4n) is 3.93. The maximum absolute atomic E-state index is 13.0. The first-order valence-corrected chi connectivity index (χ1v) is 11.3. The number of carbonyl (C=O) groups excluding carboxylic acids is 1. The number of aliphatic imine (C=N–C) groups is 1. The van der Waals surface area contributed by atoms with Gasteiger partial charge in [0.25, 0.3) is 0 Å². The third-order valence-corrected chi connectivity index (χ3v) is 5.74. The van der Waals surface area contributed by atoms with E-state index in [9.17, 15) is 4.79 Å². The molecule has 0 spiro atoms. The second-order valence-corrected chi connectivity index (χ2v) is 8.23. The SMILES string of the molecule is C=C/C=C(\C=C/N)NC(=O)CC1N=C(c2ccc(Cl)cc2)c2cc(OC)ccc2-n2c(C)nnc21. The maximum atomic E-state index is 13.0. The molecule has 0 radical (unpaired) electrons. The summed E-state index contributed by atoms with van der Waals surface area (Å²) in [6.45, 7) is 5.54. The normalized spacial score (nSPS) is 15.1. The zero-order valence-corrected chi connectivity index (χ0v) is 20.2. The summed E-state index contributed by atoms with van der Waals surface area (Å²) in [4.78, 5) is 18.1. The summed E-state index contributed by atoms with van der Waals surface area (Å²) in [5, 5.41) is 12.1. The number of benzene rings is 2. The summed E-state index contributed by atoms with van der Waals surface area (Å²) in [7, 11) is 1.62. The molecule has 178 valence electrons. The Labute approximate surface area is 208 Å². The van der Waals surface area contributed by atoms with E-state index in [1.165, 1.54) is 6.20 Å². The predicted octanol–water partition coefficient (Wildman–Crippen LogP) is 4.18. The predicted molar refractivity (Wildman–Crippen MR) is 137 cm³/mol. The lowest BCUT2D eigenvalue weighted by molar-refractivity contribution is -0.120. The number of aromatic nitrogens is 3. The minimum Gasteiger partial charge on any atom is -0.497 e. The van der Waals surface area contributed by atoms with Crippen molar-refractivity contribution in [3.8, 4) is 11.4 Å². The van der Waals surface area contributed by atoms with Crippen molar-refractivity contribution in [3.05, 3.63) is 107 Å². The molecule has 3 N–H and O–H groups in total. The Morgan fingerprint density at radius 2 is 2.03 bits per heavy atom. The highest BCUT2D eigenvalue weighted by Crippen LogP contribution is 2.34.